The van der Waals surface area contributed by atoms with Gasteiger partial charge in [-0.2, -0.15) is 17.5 Å². The van der Waals surface area contributed by atoms with Crippen LogP contribution < -0.4 is 10.5 Å². The smallest absolute Gasteiger partial charge is 0.422 e. The second-order valence-electron chi connectivity index (χ2n) is 6.22. The average Bonchev–Trinajstić information content (AvgIpc) is 3.08. The van der Waals surface area contributed by atoms with E-state index in [4.69, 9.17) is 5.73 Å². The van der Waals surface area contributed by atoms with Gasteiger partial charge in [-0.3, -0.25) is 0 Å². The van der Waals surface area contributed by atoms with Crippen LogP contribution in [0.15, 0.2) is 23.2 Å². The van der Waals surface area contributed by atoms with Gasteiger partial charge in [0.25, 0.3) is 0 Å². The van der Waals surface area contributed by atoms with Gasteiger partial charge in [-0.25, -0.2) is 13.4 Å². The zero-order valence-corrected chi connectivity index (χ0v) is 13.6. The number of hydrogen-bond acceptors (Lipinski definition) is 5. The summed E-state index contributed by atoms with van der Waals surface area (Å²) in [5.41, 5.74) is 6.01. The van der Waals surface area contributed by atoms with Gasteiger partial charge >= 0.3 is 6.18 Å². The van der Waals surface area contributed by atoms with Crippen LogP contribution in [-0.2, 0) is 10.0 Å². The third-order valence-electron chi connectivity index (χ3n) is 4.61. The van der Waals surface area contributed by atoms with Crippen LogP contribution in [0.4, 0.5) is 13.2 Å². The molecule has 0 bridgehead atoms. The first-order chi connectivity index (χ1) is 11.2. The lowest BCUT2D eigenvalue weighted by atomic mass is 9.98. The van der Waals surface area contributed by atoms with Gasteiger partial charge in [0.2, 0.25) is 15.9 Å². The van der Waals surface area contributed by atoms with Gasteiger partial charge in [0.05, 0.1) is 6.20 Å². The molecular formula is C14H18F3N3O3S. The molecule has 0 radical (unpaired) electrons. The van der Waals surface area contributed by atoms with Crippen molar-refractivity contribution in [2.45, 2.75) is 30.0 Å². The van der Waals surface area contributed by atoms with Crippen LogP contribution in [0.25, 0.3) is 0 Å². The lowest BCUT2D eigenvalue weighted by Crippen LogP contribution is -2.33. The molecule has 1 aliphatic heterocycles. The number of sulfonamides is 1. The van der Waals surface area contributed by atoms with E-state index in [2.05, 4.69) is 9.72 Å². The Morgan fingerprint density at radius 1 is 1.29 bits per heavy atom. The molecule has 24 heavy (non-hydrogen) atoms. The summed E-state index contributed by atoms with van der Waals surface area (Å²) in [7, 11) is -3.73. The summed E-state index contributed by atoms with van der Waals surface area (Å²) >= 11 is 0. The molecule has 0 spiro atoms. The third kappa shape index (κ3) is 3.50. The molecule has 3 unspecified atom stereocenters. The highest BCUT2D eigenvalue weighted by Crippen LogP contribution is 2.39. The Balaban J connectivity index is 1.69. The number of fused-ring (bicyclic) bond motifs is 1. The van der Waals surface area contributed by atoms with Crippen LogP contribution in [0.2, 0.25) is 0 Å². The quantitative estimate of drug-likeness (QED) is 0.871. The van der Waals surface area contributed by atoms with Crippen molar-refractivity contribution in [3.63, 3.8) is 0 Å². The van der Waals surface area contributed by atoms with E-state index >= 15 is 0 Å². The molecule has 6 nitrogen and oxygen atoms in total. The van der Waals surface area contributed by atoms with Gasteiger partial charge in [0, 0.05) is 25.2 Å². The van der Waals surface area contributed by atoms with E-state index in [1.807, 2.05) is 0 Å². The van der Waals surface area contributed by atoms with Crippen molar-refractivity contribution >= 4 is 10.0 Å². The van der Waals surface area contributed by atoms with Crippen molar-refractivity contribution in [2.24, 2.45) is 17.6 Å². The van der Waals surface area contributed by atoms with Crippen LogP contribution in [-0.4, -0.2) is 49.6 Å². The summed E-state index contributed by atoms with van der Waals surface area (Å²) in [6.45, 7) is -0.674. The fourth-order valence-electron chi connectivity index (χ4n) is 3.37. The molecule has 1 aliphatic carbocycles. The molecular weight excluding hydrogens is 347 g/mol. The van der Waals surface area contributed by atoms with Crippen molar-refractivity contribution < 1.29 is 26.3 Å². The predicted octanol–water partition coefficient (Wildman–Crippen LogP) is 1.38. The summed E-state index contributed by atoms with van der Waals surface area (Å²) in [4.78, 5) is 3.59. The largest absolute Gasteiger partial charge is 0.468 e. The Morgan fingerprint density at radius 2 is 2.04 bits per heavy atom. The highest BCUT2D eigenvalue weighted by atomic mass is 32.2. The molecule has 10 heteroatoms. The van der Waals surface area contributed by atoms with E-state index < -0.39 is 22.8 Å². The molecule has 0 amide bonds. The number of pyridine rings is 1. The number of nitrogens with two attached hydrogens (primary N) is 1. The maximum atomic E-state index is 12.6. The van der Waals surface area contributed by atoms with Gasteiger partial charge < -0.3 is 10.5 Å². The summed E-state index contributed by atoms with van der Waals surface area (Å²) in [6, 6.07) is 2.36. The first-order valence-corrected chi connectivity index (χ1v) is 9.02. The first kappa shape index (κ1) is 17.4. The third-order valence-corrected chi connectivity index (χ3v) is 6.42. The van der Waals surface area contributed by atoms with E-state index in [1.165, 1.54) is 10.4 Å². The highest BCUT2D eigenvalue weighted by Gasteiger charge is 2.45. The van der Waals surface area contributed by atoms with Gasteiger partial charge in [-0.05, 0) is 30.7 Å². The van der Waals surface area contributed by atoms with Crippen LogP contribution in [0.1, 0.15) is 12.8 Å². The normalized spacial score (nSPS) is 28.1. The SMILES string of the molecule is NC1CCC2CN(S(=O)(=O)c3ccc(OCC(F)(F)F)nc3)CC12. The van der Waals surface area contributed by atoms with Gasteiger partial charge in [-0.1, -0.05) is 0 Å². The number of ether oxygens (including phenoxy) is 1. The number of halogens is 3. The molecule has 0 aromatic carbocycles. The molecule has 3 atom stereocenters. The van der Waals surface area contributed by atoms with E-state index in [0.717, 1.165) is 25.1 Å². The zero-order valence-electron chi connectivity index (χ0n) is 12.7. The minimum Gasteiger partial charge on any atom is -0.468 e. The van der Waals surface area contributed by atoms with Crippen molar-refractivity contribution in [3.8, 4) is 5.88 Å². The van der Waals surface area contributed by atoms with Crippen LogP contribution in [0, 0.1) is 11.8 Å². The molecule has 2 N–H and O–H groups in total. The number of rotatable bonds is 4. The Morgan fingerprint density at radius 3 is 2.62 bits per heavy atom. The summed E-state index contributed by atoms with van der Waals surface area (Å²) < 4.78 is 67.4. The Hall–Kier alpha value is -1.39. The van der Waals surface area contributed by atoms with Crippen molar-refractivity contribution in [2.75, 3.05) is 19.7 Å². The Labute approximate surface area is 137 Å². The predicted molar refractivity (Wildman–Crippen MR) is 78.7 cm³/mol. The van der Waals surface area contributed by atoms with Crippen molar-refractivity contribution in [1.82, 2.24) is 9.29 Å². The van der Waals surface area contributed by atoms with E-state index in [1.54, 1.807) is 0 Å². The lowest BCUT2D eigenvalue weighted by molar-refractivity contribution is -0.154. The first-order valence-electron chi connectivity index (χ1n) is 7.58. The molecule has 2 fully saturated rings. The number of aromatic nitrogens is 1. The van der Waals surface area contributed by atoms with Gasteiger partial charge in [0.1, 0.15) is 4.90 Å². The molecule has 2 aliphatic rings. The second-order valence-corrected chi connectivity index (χ2v) is 8.16. The Bertz CT molecular complexity index is 693. The van der Waals surface area contributed by atoms with Crippen LogP contribution in [0.5, 0.6) is 5.88 Å². The van der Waals surface area contributed by atoms with Gasteiger partial charge in [0.15, 0.2) is 6.61 Å². The molecule has 1 saturated heterocycles. The summed E-state index contributed by atoms with van der Waals surface area (Å²) in [6.07, 6.45) is -1.62. The average molecular weight is 365 g/mol. The Kier molecular flexibility index (Phi) is 4.47. The van der Waals surface area contributed by atoms with E-state index in [0.29, 0.717) is 13.1 Å². The van der Waals surface area contributed by atoms with Crippen LogP contribution in [0.3, 0.4) is 0 Å². The minimum atomic E-state index is -4.47. The number of alkyl halides is 3. The maximum absolute atomic E-state index is 12.6. The highest BCUT2D eigenvalue weighted by molar-refractivity contribution is 7.89. The molecule has 1 aromatic rings. The van der Waals surface area contributed by atoms with E-state index in [9.17, 15) is 21.6 Å². The van der Waals surface area contributed by atoms with E-state index in [-0.39, 0.29) is 28.7 Å². The summed E-state index contributed by atoms with van der Waals surface area (Å²) in [5, 5.41) is 0. The fraction of sp³-hybridized carbons (Fsp3) is 0.643. The maximum Gasteiger partial charge on any atom is 0.422 e. The zero-order chi connectivity index (χ0) is 17.5. The lowest BCUT2D eigenvalue weighted by Gasteiger charge is -2.18. The van der Waals surface area contributed by atoms with Crippen LogP contribution >= 0.6 is 0 Å². The molecule has 1 saturated carbocycles. The molecule has 1 aromatic heterocycles. The van der Waals surface area contributed by atoms with Crippen molar-refractivity contribution in [3.05, 3.63) is 18.3 Å². The monoisotopic (exact) mass is 365 g/mol. The summed E-state index contributed by atoms with van der Waals surface area (Å²) in [5.74, 6) is 0.172. The number of nitrogens with zero attached hydrogens (tertiary/aromatic N) is 2. The number of hydrogen-bond donors (Lipinski definition) is 1. The molecule has 134 valence electrons. The second kappa shape index (κ2) is 6.16. The fourth-order valence-corrected chi connectivity index (χ4v) is 4.85. The molecule has 2 heterocycles. The van der Waals surface area contributed by atoms with Crippen molar-refractivity contribution in [1.29, 1.82) is 0 Å². The standard InChI is InChI=1S/C14H18F3N3O3S/c15-14(16,17)8-23-13-4-2-10(5-19-13)24(21,22)20-6-9-1-3-12(18)11(9)7-20/h2,4-5,9,11-12H,1,3,6-8,18H2. The topological polar surface area (TPSA) is 85.5 Å². The minimum absolute atomic E-state index is 0.0199. The van der Waals surface area contributed by atoms with Gasteiger partial charge in [-0.15, -0.1) is 0 Å². The molecule has 3 rings (SSSR count).